The molecule has 12 heteroatoms. The van der Waals surface area contributed by atoms with Crippen LogP contribution in [0, 0.1) is 11.7 Å². The van der Waals surface area contributed by atoms with Gasteiger partial charge in [0.1, 0.15) is 17.3 Å². The van der Waals surface area contributed by atoms with Gasteiger partial charge >= 0.3 is 6.18 Å². The molecule has 0 unspecified atom stereocenters. The van der Waals surface area contributed by atoms with Gasteiger partial charge in [-0.2, -0.15) is 18.3 Å². The van der Waals surface area contributed by atoms with Gasteiger partial charge in [0.25, 0.3) is 0 Å². The Kier molecular flexibility index (Phi) is 7.28. The molecule has 0 spiro atoms. The summed E-state index contributed by atoms with van der Waals surface area (Å²) >= 11 is 8.75. The molecule has 1 aliphatic heterocycles. The molecular formula is C17H16BrClF4N4O2. The number of hydrogen-bond donors (Lipinski definition) is 1. The van der Waals surface area contributed by atoms with Crippen molar-refractivity contribution >= 4 is 45.0 Å². The number of amides is 2. The van der Waals surface area contributed by atoms with Crippen molar-refractivity contribution in [2.24, 2.45) is 13.0 Å². The predicted octanol–water partition coefficient (Wildman–Crippen LogP) is 4.10. The van der Waals surface area contributed by atoms with Crippen molar-refractivity contribution in [1.82, 2.24) is 14.7 Å². The number of hydrogen-bond acceptors (Lipinski definition) is 3. The fourth-order valence-electron chi connectivity index (χ4n) is 2.63. The lowest BCUT2D eigenvalue weighted by Crippen LogP contribution is -2.31. The van der Waals surface area contributed by atoms with Gasteiger partial charge in [-0.15, -0.1) is 0 Å². The first-order valence-corrected chi connectivity index (χ1v) is 9.35. The SMILES string of the molecule is CN1CC[C@@H](C(=O)Nc2cccc(F)c2C(F)(F)F)C1=O.Cn1cc(Br)c(Cl)n1. The number of benzene rings is 1. The Morgan fingerprint density at radius 3 is 2.41 bits per heavy atom. The van der Waals surface area contributed by atoms with E-state index in [2.05, 4.69) is 21.0 Å². The average molecular weight is 500 g/mol. The molecule has 1 saturated heterocycles. The van der Waals surface area contributed by atoms with Gasteiger partial charge in [0.05, 0.1) is 10.2 Å². The van der Waals surface area contributed by atoms with Crippen LogP contribution >= 0.6 is 27.5 Å². The van der Waals surface area contributed by atoms with E-state index in [-0.39, 0.29) is 6.42 Å². The Bertz CT molecular complexity index is 900. The lowest BCUT2D eigenvalue weighted by molar-refractivity contribution is -0.139. The molecule has 158 valence electrons. The van der Waals surface area contributed by atoms with Crippen molar-refractivity contribution in [3.05, 3.63) is 45.4 Å². The fraction of sp³-hybridized carbons (Fsp3) is 0.353. The Morgan fingerprint density at radius 1 is 1.34 bits per heavy atom. The number of rotatable bonds is 2. The number of nitrogens with zero attached hydrogens (tertiary/aromatic N) is 3. The second kappa shape index (κ2) is 9.12. The zero-order valence-electron chi connectivity index (χ0n) is 15.2. The van der Waals surface area contributed by atoms with E-state index in [1.165, 1.54) is 11.9 Å². The number of anilines is 1. The molecule has 1 aromatic heterocycles. The van der Waals surface area contributed by atoms with Crippen molar-refractivity contribution in [1.29, 1.82) is 0 Å². The third-order valence-electron chi connectivity index (χ3n) is 4.04. The topological polar surface area (TPSA) is 67.2 Å². The largest absolute Gasteiger partial charge is 0.421 e. The first-order chi connectivity index (χ1) is 13.4. The van der Waals surface area contributed by atoms with Gasteiger partial charge in [-0.1, -0.05) is 17.7 Å². The van der Waals surface area contributed by atoms with E-state index >= 15 is 0 Å². The molecule has 0 saturated carbocycles. The Balaban J connectivity index is 0.000000313. The Hall–Kier alpha value is -2.14. The Morgan fingerprint density at radius 2 is 2.00 bits per heavy atom. The summed E-state index contributed by atoms with van der Waals surface area (Å²) in [5.74, 6) is -3.84. The number of alkyl halides is 3. The van der Waals surface area contributed by atoms with E-state index in [9.17, 15) is 27.2 Å². The number of carbonyl (C=O) groups excluding carboxylic acids is 2. The highest BCUT2D eigenvalue weighted by atomic mass is 79.9. The molecule has 1 aromatic carbocycles. The van der Waals surface area contributed by atoms with Gasteiger partial charge in [0.15, 0.2) is 5.15 Å². The number of aryl methyl sites for hydroxylation is 1. The minimum absolute atomic E-state index is 0.220. The highest BCUT2D eigenvalue weighted by Crippen LogP contribution is 2.37. The van der Waals surface area contributed by atoms with E-state index in [1.807, 2.05) is 12.4 Å². The van der Waals surface area contributed by atoms with Crippen LogP contribution in [0.4, 0.5) is 23.2 Å². The minimum Gasteiger partial charge on any atom is -0.345 e. The second-order valence-corrected chi connectivity index (χ2v) is 7.40. The second-order valence-electron chi connectivity index (χ2n) is 6.19. The summed E-state index contributed by atoms with van der Waals surface area (Å²) in [4.78, 5) is 24.9. The van der Waals surface area contributed by atoms with Crippen LogP contribution in [-0.4, -0.2) is 40.1 Å². The molecule has 6 nitrogen and oxygen atoms in total. The van der Waals surface area contributed by atoms with E-state index in [0.29, 0.717) is 17.8 Å². The van der Waals surface area contributed by atoms with Gasteiger partial charge in [-0.3, -0.25) is 14.3 Å². The molecule has 2 heterocycles. The van der Waals surface area contributed by atoms with E-state index in [0.717, 1.165) is 16.6 Å². The van der Waals surface area contributed by atoms with Crippen LogP contribution < -0.4 is 5.32 Å². The third kappa shape index (κ3) is 5.69. The summed E-state index contributed by atoms with van der Waals surface area (Å²) in [6.07, 6.45) is -2.93. The molecule has 0 bridgehead atoms. The maximum atomic E-state index is 13.4. The summed E-state index contributed by atoms with van der Waals surface area (Å²) in [5, 5.41) is 6.36. The minimum atomic E-state index is -4.94. The Labute approximate surface area is 176 Å². The molecule has 1 fully saturated rings. The van der Waals surface area contributed by atoms with Crippen molar-refractivity contribution in [3.8, 4) is 0 Å². The third-order valence-corrected chi connectivity index (χ3v) is 5.13. The quantitative estimate of drug-likeness (QED) is 0.500. The lowest BCUT2D eigenvalue weighted by Gasteiger charge is -2.16. The summed E-state index contributed by atoms with van der Waals surface area (Å²) in [6, 6.07) is 2.67. The van der Waals surface area contributed by atoms with Gasteiger partial charge < -0.3 is 10.2 Å². The van der Waals surface area contributed by atoms with Crippen molar-refractivity contribution in [2.75, 3.05) is 18.9 Å². The maximum Gasteiger partial charge on any atom is 0.421 e. The molecule has 0 radical (unpaired) electrons. The molecule has 0 aliphatic carbocycles. The number of nitrogens with one attached hydrogen (secondary N) is 1. The highest BCUT2D eigenvalue weighted by molar-refractivity contribution is 9.10. The van der Waals surface area contributed by atoms with Crippen molar-refractivity contribution in [3.63, 3.8) is 0 Å². The normalized spacial score (nSPS) is 16.5. The van der Waals surface area contributed by atoms with Gasteiger partial charge in [0, 0.05) is 26.8 Å². The molecule has 3 rings (SSSR count). The monoisotopic (exact) mass is 498 g/mol. The van der Waals surface area contributed by atoms with E-state index in [4.69, 9.17) is 11.6 Å². The predicted molar refractivity (Wildman–Crippen MR) is 102 cm³/mol. The van der Waals surface area contributed by atoms with Crippen molar-refractivity contribution < 1.29 is 27.2 Å². The first kappa shape index (κ1) is 23.1. The summed E-state index contributed by atoms with van der Waals surface area (Å²) in [6.45, 7) is 0.353. The number of carbonyl (C=O) groups is 2. The van der Waals surface area contributed by atoms with Crippen LogP contribution in [0.25, 0.3) is 0 Å². The smallest absolute Gasteiger partial charge is 0.345 e. The summed E-state index contributed by atoms with van der Waals surface area (Å²) in [7, 11) is 3.32. The molecule has 1 aliphatic rings. The average Bonchev–Trinajstić information content (AvgIpc) is 3.08. The molecular weight excluding hydrogens is 484 g/mol. The van der Waals surface area contributed by atoms with Crippen LogP contribution in [0.1, 0.15) is 12.0 Å². The van der Waals surface area contributed by atoms with Crippen molar-refractivity contribution in [2.45, 2.75) is 12.6 Å². The highest BCUT2D eigenvalue weighted by Gasteiger charge is 2.39. The van der Waals surface area contributed by atoms with Gasteiger partial charge in [-0.05, 0) is 34.5 Å². The summed E-state index contributed by atoms with van der Waals surface area (Å²) in [5.41, 5.74) is -2.23. The zero-order chi connectivity index (χ0) is 21.9. The summed E-state index contributed by atoms with van der Waals surface area (Å²) < 4.78 is 54.3. The van der Waals surface area contributed by atoms with Crippen LogP contribution in [0.5, 0.6) is 0 Å². The molecule has 2 aromatic rings. The number of likely N-dealkylation sites (tertiary alicyclic amines) is 1. The maximum absolute atomic E-state index is 13.4. The van der Waals surface area contributed by atoms with Crippen LogP contribution in [0.2, 0.25) is 5.15 Å². The molecule has 1 atom stereocenters. The van der Waals surface area contributed by atoms with Gasteiger partial charge in [0.2, 0.25) is 11.8 Å². The lowest BCUT2D eigenvalue weighted by atomic mass is 10.1. The standard InChI is InChI=1S/C13H12F4N2O2.C4H4BrClN2/c1-19-6-5-7(12(19)21)11(20)18-9-4-2-3-8(14)10(9)13(15,16)17;1-8-2-3(5)4(6)7-8/h2-4,7H,5-6H2,1H3,(H,18,20);2H,1H3/t7-;/m0./s1. The fourth-order valence-corrected chi connectivity index (χ4v) is 3.18. The molecule has 1 N–H and O–H groups in total. The molecule has 29 heavy (non-hydrogen) atoms. The molecule has 2 amide bonds. The van der Waals surface area contributed by atoms with Gasteiger partial charge in [-0.25, -0.2) is 4.39 Å². The van der Waals surface area contributed by atoms with Crippen LogP contribution in [0.3, 0.4) is 0 Å². The van der Waals surface area contributed by atoms with E-state index < -0.39 is 41.0 Å². The number of halogens is 6. The zero-order valence-corrected chi connectivity index (χ0v) is 17.6. The first-order valence-electron chi connectivity index (χ1n) is 8.18. The van der Waals surface area contributed by atoms with Crippen LogP contribution in [-0.2, 0) is 22.8 Å². The van der Waals surface area contributed by atoms with Crippen LogP contribution in [0.15, 0.2) is 28.9 Å². The number of aromatic nitrogens is 2. The van der Waals surface area contributed by atoms with E-state index in [1.54, 1.807) is 10.9 Å².